The third-order valence-electron chi connectivity index (χ3n) is 2.20. The van der Waals surface area contributed by atoms with Gasteiger partial charge in [0.15, 0.2) is 0 Å². The Morgan fingerprint density at radius 2 is 2.06 bits per heavy atom. The molecule has 0 heterocycles. The molecule has 0 amide bonds. The Labute approximate surface area is 96.2 Å². The Morgan fingerprint density at radius 3 is 2.62 bits per heavy atom. The maximum atomic E-state index is 11.1. The molecule has 0 radical (unpaired) electrons. The number of benzene rings is 1. The Morgan fingerprint density at radius 1 is 1.38 bits per heavy atom. The van der Waals surface area contributed by atoms with Crippen LogP contribution in [-0.4, -0.2) is 5.97 Å². The zero-order valence-electron chi connectivity index (χ0n) is 9.91. The van der Waals surface area contributed by atoms with Crippen LogP contribution in [0, 0.1) is 13.8 Å². The van der Waals surface area contributed by atoms with E-state index >= 15 is 0 Å². The molecule has 0 atom stereocenters. The summed E-state index contributed by atoms with van der Waals surface area (Å²) in [6.45, 7) is 9.18. The maximum Gasteiger partial charge on any atom is 0.337 e. The van der Waals surface area contributed by atoms with Gasteiger partial charge in [0.05, 0.1) is 6.26 Å². The van der Waals surface area contributed by atoms with Crippen LogP contribution in [0.2, 0.25) is 0 Å². The molecule has 1 rings (SSSR count). The molecular formula is C14H16O2. The molecule has 1 aromatic carbocycles. The summed E-state index contributed by atoms with van der Waals surface area (Å²) < 4.78 is 4.87. The second-order valence-electron chi connectivity index (χ2n) is 3.85. The molecule has 0 saturated heterocycles. The first kappa shape index (κ1) is 12.2. The molecule has 0 aliphatic rings. The maximum absolute atomic E-state index is 11.1. The minimum Gasteiger partial charge on any atom is -0.431 e. The Balaban J connectivity index is 2.70. The molecule has 1 aromatic rings. The average molecular weight is 216 g/mol. The van der Waals surface area contributed by atoms with Gasteiger partial charge in [-0.1, -0.05) is 30.3 Å². The van der Waals surface area contributed by atoms with E-state index in [1.165, 1.54) is 11.8 Å². The molecule has 2 heteroatoms. The monoisotopic (exact) mass is 216 g/mol. The first-order chi connectivity index (χ1) is 7.50. The van der Waals surface area contributed by atoms with E-state index < -0.39 is 5.97 Å². The van der Waals surface area contributed by atoms with Gasteiger partial charge in [-0.15, -0.1) is 0 Å². The van der Waals surface area contributed by atoms with E-state index in [-0.39, 0.29) is 0 Å². The Kier molecular flexibility index (Phi) is 4.06. The quantitative estimate of drug-likeness (QED) is 0.440. The summed E-state index contributed by atoms with van der Waals surface area (Å²) in [5.74, 6) is -0.402. The molecule has 0 aliphatic heterocycles. The molecule has 0 N–H and O–H groups in total. The van der Waals surface area contributed by atoms with E-state index in [0.29, 0.717) is 5.57 Å². The number of carbonyl (C=O) groups excluding carboxylic acids is 1. The Bertz CT molecular complexity index is 442. The van der Waals surface area contributed by atoms with Gasteiger partial charge in [0.25, 0.3) is 0 Å². The van der Waals surface area contributed by atoms with Crippen LogP contribution in [0.3, 0.4) is 0 Å². The van der Waals surface area contributed by atoms with Gasteiger partial charge in [0.2, 0.25) is 0 Å². The molecule has 84 valence electrons. The van der Waals surface area contributed by atoms with Crippen molar-refractivity contribution in [3.05, 3.63) is 53.3 Å². The molecule has 0 saturated carbocycles. The van der Waals surface area contributed by atoms with Crippen LogP contribution in [0.1, 0.15) is 23.6 Å². The van der Waals surface area contributed by atoms with Gasteiger partial charge in [-0.25, -0.2) is 4.79 Å². The first-order valence-corrected chi connectivity index (χ1v) is 5.11. The number of ether oxygens (including phenoxy) is 1. The Hall–Kier alpha value is -1.83. The van der Waals surface area contributed by atoms with Crippen molar-refractivity contribution >= 4 is 12.0 Å². The predicted octanol–water partition coefficient (Wildman–Crippen LogP) is 3.39. The SMILES string of the molecule is C=C(C)C(=O)OC=Cc1ccc(C)cc1C. The van der Waals surface area contributed by atoms with Crippen molar-refractivity contribution in [3.63, 3.8) is 0 Å². The average Bonchev–Trinajstić information content (AvgIpc) is 2.20. The van der Waals surface area contributed by atoms with Crippen molar-refractivity contribution in [3.8, 4) is 0 Å². The third-order valence-corrected chi connectivity index (χ3v) is 2.20. The van der Waals surface area contributed by atoms with E-state index in [1.807, 2.05) is 26.0 Å². The molecule has 16 heavy (non-hydrogen) atoms. The highest BCUT2D eigenvalue weighted by molar-refractivity contribution is 5.87. The summed E-state index contributed by atoms with van der Waals surface area (Å²) in [6.07, 6.45) is 3.17. The zero-order chi connectivity index (χ0) is 12.1. The smallest absolute Gasteiger partial charge is 0.337 e. The summed E-state index contributed by atoms with van der Waals surface area (Å²) in [4.78, 5) is 11.1. The van der Waals surface area contributed by atoms with Crippen molar-refractivity contribution in [2.24, 2.45) is 0 Å². The van der Waals surface area contributed by atoms with Crippen LogP contribution in [0.5, 0.6) is 0 Å². The highest BCUT2D eigenvalue weighted by atomic mass is 16.5. The molecule has 0 fully saturated rings. The predicted molar refractivity (Wildman–Crippen MR) is 65.9 cm³/mol. The fourth-order valence-corrected chi connectivity index (χ4v) is 1.28. The molecule has 0 aliphatic carbocycles. The van der Waals surface area contributed by atoms with Crippen molar-refractivity contribution in [1.82, 2.24) is 0 Å². The topological polar surface area (TPSA) is 26.3 Å². The number of hydrogen-bond acceptors (Lipinski definition) is 2. The molecule has 0 aromatic heterocycles. The second kappa shape index (κ2) is 5.31. The van der Waals surface area contributed by atoms with Gasteiger partial charge in [-0.05, 0) is 38.0 Å². The fourth-order valence-electron chi connectivity index (χ4n) is 1.28. The lowest BCUT2D eigenvalue weighted by Crippen LogP contribution is -1.98. The number of aryl methyl sites for hydroxylation is 2. The van der Waals surface area contributed by atoms with Crippen LogP contribution in [-0.2, 0) is 9.53 Å². The highest BCUT2D eigenvalue weighted by Gasteiger charge is 1.99. The van der Waals surface area contributed by atoms with Crippen LogP contribution in [0.4, 0.5) is 0 Å². The summed E-state index contributed by atoms with van der Waals surface area (Å²) in [6, 6.07) is 6.10. The normalized spacial score (nSPS) is 10.4. The van der Waals surface area contributed by atoms with Crippen molar-refractivity contribution < 1.29 is 9.53 Å². The van der Waals surface area contributed by atoms with E-state index in [2.05, 4.69) is 12.6 Å². The van der Waals surface area contributed by atoms with E-state index in [4.69, 9.17) is 4.74 Å². The second-order valence-corrected chi connectivity index (χ2v) is 3.85. The number of carbonyl (C=O) groups is 1. The number of rotatable bonds is 3. The molecular weight excluding hydrogens is 200 g/mol. The molecule has 2 nitrogen and oxygen atoms in total. The van der Waals surface area contributed by atoms with Gasteiger partial charge in [0, 0.05) is 5.57 Å². The molecule has 0 unspecified atom stereocenters. The summed E-state index contributed by atoms with van der Waals surface area (Å²) in [7, 11) is 0. The van der Waals surface area contributed by atoms with Crippen LogP contribution >= 0.6 is 0 Å². The largest absolute Gasteiger partial charge is 0.431 e. The zero-order valence-corrected chi connectivity index (χ0v) is 9.91. The standard InChI is InChI=1S/C14H16O2/c1-10(2)14(15)16-8-7-13-6-5-11(3)9-12(13)4/h5-9H,1H2,2-4H3. The minimum absolute atomic E-state index is 0.394. The van der Waals surface area contributed by atoms with Crippen LogP contribution < -0.4 is 0 Å². The fraction of sp³-hybridized carbons (Fsp3) is 0.214. The van der Waals surface area contributed by atoms with Gasteiger partial charge >= 0.3 is 5.97 Å². The van der Waals surface area contributed by atoms with Crippen molar-refractivity contribution in [2.45, 2.75) is 20.8 Å². The van der Waals surface area contributed by atoms with E-state index in [9.17, 15) is 4.79 Å². The first-order valence-electron chi connectivity index (χ1n) is 5.11. The summed E-state index contributed by atoms with van der Waals surface area (Å²) >= 11 is 0. The third kappa shape index (κ3) is 3.39. The lowest BCUT2D eigenvalue weighted by Gasteiger charge is -2.01. The van der Waals surface area contributed by atoms with Gasteiger partial charge in [0.1, 0.15) is 0 Å². The van der Waals surface area contributed by atoms with Crippen molar-refractivity contribution in [2.75, 3.05) is 0 Å². The van der Waals surface area contributed by atoms with Crippen LogP contribution in [0.25, 0.3) is 6.08 Å². The highest BCUT2D eigenvalue weighted by Crippen LogP contribution is 2.12. The molecule has 0 bridgehead atoms. The number of esters is 1. The number of hydrogen-bond donors (Lipinski definition) is 0. The minimum atomic E-state index is -0.402. The van der Waals surface area contributed by atoms with Gasteiger partial charge in [-0.3, -0.25) is 0 Å². The van der Waals surface area contributed by atoms with E-state index in [0.717, 1.165) is 11.1 Å². The van der Waals surface area contributed by atoms with Gasteiger partial charge in [-0.2, -0.15) is 0 Å². The van der Waals surface area contributed by atoms with E-state index in [1.54, 1.807) is 13.0 Å². The summed E-state index contributed by atoms with van der Waals surface area (Å²) in [5.41, 5.74) is 3.81. The lowest BCUT2D eigenvalue weighted by molar-refractivity contribution is -0.133. The molecule has 0 spiro atoms. The lowest BCUT2D eigenvalue weighted by atomic mass is 10.1. The van der Waals surface area contributed by atoms with Crippen LogP contribution in [0.15, 0.2) is 36.6 Å². The van der Waals surface area contributed by atoms with Gasteiger partial charge < -0.3 is 4.74 Å². The van der Waals surface area contributed by atoms with Crippen molar-refractivity contribution in [1.29, 1.82) is 0 Å². The summed E-state index contributed by atoms with van der Waals surface area (Å²) in [5, 5.41) is 0.